The van der Waals surface area contributed by atoms with Gasteiger partial charge in [-0.15, -0.1) is 0 Å². The number of halogens is 2. The minimum atomic E-state index is -0.280. The van der Waals surface area contributed by atoms with Crippen LogP contribution >= 0.6 is 31.9 Å². The van der Waals surface area contributed by atoms with Gasteiger partial charge in [0.2, 0.25) is 5.78 Å². The van der Waals surface area contributed by atoms with E-state index in [1.54, 1.807) is 0 Å². The Hall–Kier alpha value is 0.170. The van der Waals surface area contributed by atoms with E-state index < -0.39 is 0 Å². The summed E-state index contributed by atoms with van der Waals surface area (Å²) in [4.78, 5) is 10.8. The van der Waals surface area contributed by atoms with Crippen molar-refractivity contribution in [2.24, 2.45) is 0 Å². The molecule has 0 fully saturated rings. The van der Waals surface area contributed by atoms with Crippen molar-refractivity contribution in [3.63, 3.8) is 0 Å². The Bertz CT molecular complexity index is 188. The molecular formula is C6H6Br2O2. The first-order valence-corrected chi connectivity index (χ1v) is 4.67. The third-order valence-electron chi connectivity index (χ3n) is 1.36. The van der Waals surface area contributed by atoms with Crippen molar-refractivity contribution < 1.29 is 9.90 Å². The molecule has 0 heterocycles. The lowest BCUT2D eigenvalue weighted by Crippen LogP contribution is -2.29. The maximum Gasteiger partial charge on any atom is 0.211 e. The summed E-state index contributed by atoms with van der Waals surface area (Å²) in [5.41, 5.74) is 0. The van der Waals surface area contributed by atoms with Crippen LogP contribution in [0.4, 0.5) is 0 Å². The number of carbonyl (C=O) groups excluding carboxylic acids is 1. The molecule has 0 aromatic rings. The first-order valence-electron chi connectivity index (χ1n) is 2.84. The second-order valence-electron chi connectivity index (χ2n) is 2.11. The molecule has 4 heteroatoms. The van der Waals surface area contributed by atoms with Crippen LogP contribution in [0.5, 0.6) is 0 Å². The van der Waals surface area contributed by atoms with Gasteiger partial charge in [-0.2, -0.15) is 0 Å². The molecule has 0 radical (unpaired) electrons. The molecule has 2 nitrogen and oxygen atoms in total. The van der Waals surface area contributed by atoms with Crippen molar-refractivity contribution in [3.05, 3.63) is 11.8 Å². The summed E-state index contributed by atoms with van der Waals surface area (Å²) in [6.07, 6.45) is 2.22. The van der Waals surface area contributed by atoms with Gasteiger partial charge in [-0.05, 0) is 12.5 Å². The van der Waals surface area contributed by atoms with Crippen molar-refractivity contribution in [1.29, 1.82) is 0 Å². The van der Waals surface area contributed by atoms with Crippen molar-refractivity contribution in [3.8, 4) is 0 Å². The Balaban J connectivity index is 2.81. The molecule has 1 aliphatic carbocycles. The number of rotatable bonds is 0. The number of Topliss-reactive ketones (excluding diaryl/α,β-unsaturated/α-hetero) is 1. The van der Waals surface area contributed by atoms with Crippen molar-refractivity contribution in [1.82, 2.24) is 0 Å². The Morgan fingerprint density at radius 2 is 2.20 bits per heavy atom. The molecule has 0 saturated carbocycles. The largest absolute Gasteiger partial charge is 0.505 e. The van der Waals surface area contributed by atoms with Gasteiger partial charge in [0, 0.05) is 4.83 Å². The molecule has 2 atom stereocenters. The van der Waals surface area contributed by atoms with Gasteiger partial charge in [-0.3, -0.25) is 4.79 Å². The maximum atomic E-state index is 10.9. The van der Waals surface area contributed by atoms with E-state index in [9.17, 15) is 4.79 Å². The van der Waals surface area contributed by atoms with E-state index in [0.29, 0.717) is 6.42 Å². The fraction of sp³-hybridized carbons (Fsp3) is 0.500. The fourth-order valence-electron chi connectivity index (χ4n) is 0.750. The molecular weight excluding hydrogens is 264 g/mol. The molecule has 0 saturated heterocycles. The highest BCUT2D eigenvalue weighted by atomic mass is 79.9. The van der Waals surface area contributed by atoms with E-state index in [-0.39, 0.29) is 21.2 Å². The maximum absolute atomic E-state index is 10.9. The average Bonchev–Trinajstić information content (AvgIpc) is 1.93. The molecule has 0 aromatic heterocycles. The molecule has 0 spiro atoms. The number of allylic oxidation sites excluding steroid dienone is 2. The summed E-state index contributed by atoms with van der Waals surface area (Å²) in [6.45, 7) is 0. The number of hydrogen-bond donors (Lipinski definition) is 1. The predicted molar refractivity (Wildman–Crippen MR) is 45.8 cm³/mol. The summed E-state index contributed by atoms with van der Waals surface area (Å²) in [7, 11) is 0. The number of carbonyl (C=O) groups is 1. The van der Waals surface area contributed by atoms with Crippen LogP contribution in [-0.4, -0.2) is 20.5 Å². The summed E-state index contributed by atoms with van der Waals surface area (Å²) in [5, 5.41) is 8.93. The number of ketones is 1. The fourth-order valence-corrected chi connectivity index (χ4v) is 1.63. The predicted octanol–water partition coefficient (Wildman–Crippen LogP) is 1.93. The van der Waals surface area contributed by atoms with Crippen LogP contribution in [0.25, 0.3) is 0 Å². The van der Waals surface area contributed by atoms with Gasteiger partial charge in [-0.1, -0.05) is 31.9 Å². The number of aliphatic hydroxyl groups excluding tert-OH is 1. The van der Waals surface area contributed by atoms with E-state index in [1.807, 2.05) is 0 Å². The second-order valence-corrected chi connectivity index (χ2v) is 4.27. The van der Waals surface area contributed by atoms with Crippen molar-refractivity contribution >= 4 is 37.6 Å². The quantitative estimate of drug-likeness (QED) is 0.683. The van der Waals surface area contributed by atoms with Gasteiger partial charge in [0.25, 0.3) is 0 Å². The SMILES string of the molecule is O=C1C(O)=CCC(Br)C1Br. The summed E-state index contributed by atoms with van der Waals surface area (Å²) in [6, 6.07) is 0. The van der Waals surface area contributed by atoms with E-state index in [2.05, 4.69) is 31.9 Å². The Morgan fingerprint density at radius 1 is 1.60 bits per heavy atom. The van der Waals surface area contributed by atoms with E-state index in [1.165, 1.54) is 6.08 Å². The van der Waals surface area contributed by atoms with Crippen LogP contribution in [0, 0.1) is 0 Å². The Morgan fingerprint density at radius 3 is 2.70 bits per heavy atom. The van der Waals surface area contributed by atoms with Crippen LogP contribution < -0.4 is 0 Å². The zero-order chi connectivity index (χ0) is 7.72. The minimum Gasteiger partial charge on any atom is -0.505 e. The molecule has 0 aliphatic heterocycles. The molecule has 1 rings (SSSR count). The minimum absolute atomic E-state index is 0.107. The summed E-state index contributed by atoms with van der Waals surface area (Å²) < 4.78 is 0. The average molecular weight is 270 g/mol. The normalized spacial score (nSPS) is 33.8. The van der Waals surface area contributed by atoms with Gasteiger partial charge < -0.3 is 5.11 Å². The topological polar surface area (TPSA) is 37.3 Å². The summed E-state index contributed by atoms with van der Waals surface area (Å²) >= 11 is 6.46. The second kappa shape index (κ2) is 3.05. The van der Waals surface area contributed by atoms with Crippen LogP contribution in [0.15, 0.2) is 11.8 Å². The summed E-state index contributed by atoms with van der Waals surface area (Å²) in [5.74, 6) is -0.370. The van der Waals surface area contributed by atoms with E-state index in [4.69, 9.17) is 5.11 Å². The van der Waals surface area contributed by atoms with Gasteiger partial charge in [0.1, 0.15) is 0 Å². The highest BCUT2D eigenvalue weighted by molar-refractivity contribution is 9.12. The number of aliphatic hydroxyl groups is 1. The standard InChI is InChI=1S/C6H6Br2O2/c7-3-1-2-4(9)6(10)5(3)8/h2-3,5,9H,1H2. The zero-order valence-electron chi connectivity index (χ0n) is 5.05. The lowest BCUT2D eigenvalue weighted by atomic mass is 10.1. The Kier molecular flexibility index (Phi) is 2.52. The van der Waals surface area contributed by atoms with Gasteiger partial charge in [-0.25, -0.2) is 0 Å². The van der Waals surface area contributed by atoms with E-state index >= 15 is 0 Å². The molecule has 0 aromatic carbocycles. The monoisotopic (exact) mass is 268 g/mol. The zero-order valence-corrected chi connectivity index (χ0v) is 8.22. The smallest absolute Gasteiger partial charge is 0.211 e. The van der Waals surface area contributed by atoms with Crippen LogP contribution in [0.3, 0.4) is 0 Å². The molecule has 0 bridgehead atoms. The highest BCUT2D eigenvalue weighted by Crippen LogP contribution is 2.25. The first-order chi connectivity index (χ1) is 4.63. The molecule has 10 heavy (non-hydrogen) atoms. The van der Waals surface area contributed by atoms with Crippen molar-refractivity contribution in [2.45, 2.75) is 16.1 Å². The lowest BCUT2D eigenvalue weighted by molar-refractivity contribution is -0.117. The van der Waals surface area contributed by atoms with Gasteiger partial charge in [0.05, 0.1) is 4.83 Å². The molecule has 1 N–H and O–H groups in total. The third kappa shape index (κ3) is 1.42. The first kappa shape index (κ1) is 8.27. The number of hydrogen-bond acceptors (Lipinski definition) is 2. The Labute approximate surface area is 75.6 Å². The van der Waals surface area contributed by atoms with Gasteiger partial charge in [0.15, 0.2) is 5.76 Å². The molecule has 0 amide bonds. The molecule has 56 valence electrons. The van der Waals surface area contributed by atoms with Gasteiger partial charge >= 0.3 is 0 Å². The molecule has 1 aliphatic rings. The van der Waals surface area contributed by atoms with Crippen LogP contribution in [0.1, 0.15) is 6.42 Å². The highest BCUT2D eigenvalue weighted by Gasteiger charge is 2.29. The van der Waals surface area contributed by atoms with Crippen LogP contribution in [-0.2, 0) is 4.79 Å². The number of alkyl halides is 2. The van der Waals surface area contributed by atoms with E-state index in [0.717, 1.165) is 0 Å². The van der Waals surface area contributed by atoms with Crippen molar-refractivity contribution in [2.75, 3.05) is 0 Å². The third-order valence-corrected chi connectivity index (χ3v) is 4.02. The lowest BCUT2D eigenvalue weighted by Gasteiger charge is -2.17. The van der Waals surface area contributed by atoms with Crippen LogP contribution in [0.2, 0.25) is 0 Å². The molecule has 2 unspecified atom stereocenters.